The maximum atomic E-state index is 10.6. The maximum absolute atomic E-state index is 10.6. The van der Waals surface area contributed by atoms with Gasteiger partial charge < -0.3 is 9.16 Å². The van der Waals surface area contributed by atoms with Gasteiger partial charge in [0.2, 0.25) is 0 Å². The molecule has 0 heterocycles. The maximum Gasteiger partial charge on any atom is 0.302 e. The molecule has 0 N–H and O–H groups in total. The molecule has 0 amide bonds. The minimum absolute atomic E-state index is 0.208. The Kier molecular flexibility index (Phi) is 14.2. The molecule has 0 spiro atoms. The molecule has 0 aliphatic carbocycles. The molecular weight excluding hydrogens is 352 g/mol. The zero-order valence-corrected chi connectivity index (χ0v) is 19.7. The Morgan fingerprint density at radius 2 is 1.22 bits per heavy atom. The van der Waals surface area contributed by atoms with Crippen LogP contribution in [0.3, 0.4) is 0 Å². The SMILES string of the molecule is CC(=O)OCCC/C=C/C=C/C=C/CCCO[Si](C(C)C)(C(C)C)C(C)C. The van der Waals surface area contributed by atoms with Crippen molar-refractivity contribution in [1.29, 1.82) is 0 Å². The van der Waals surface area contributed by atoms with Crippen molar-refractivity contribution in [3.8, 4) is 0 Å². The lowest BCUT2D eigenvalue weighted by Crippen LogP contribution is -2.47. The third kappa shape index (κ3) is 10.7. The summed E-state index contributed by atoms with van der Waals surface area (Å²) in [6.07, 6.45) is 16.4. The van der Waals surface area contributed by atoms with Gasteiger partial charge in [-0.3, -0.25) is 4.79 Å². The fraction of sp³-hybridized carbons (Fsp3) is 0.696. The van der Waals surface area contributed by atoms with Crippen molar-refractivity contribution in [3.05, 3.63) is 36.5 Å². The van der Waals surface area contributed by atoms with Crippen molar-refractivity contribution < 1.29 is 14.0 Å². The van der Waals surface area contributed by atoms with Crippen molar-refractivity contribution in [3.63, 3.8) is 0 Å². The number of allylic oxidation sites excluding steroid dienone is 6. The molecule has 0 bridgehead atoms. The molecule has 0 fully saturated rings. The largest absolute Gasteiger partial charge is 0.466 e. The first-order chi connectivity index (χ1) is 12.7. The summed E-state index contributed by atoms with van der Waals surface area (Å²) in [6.45, 7) is 16.8. The Morgan fingerprint density at radius 1 is 0.778 bits per heavy atom. The predicted molar refractivity (Wildman–Crippen MR) is 120 cm³/mol. The summed E-state index contributed by atoms with van der Waals surface area (Å²) in [5, 5.41) is 0. The molecule has 0 aromatic rings. The smallest absolute Gasteiger partial charge is 0.302 e. The monoisotopic (exact) mass is 394 g/mol. The van der Waals surface area contributed by atoms with Crippen molar-refractivity contribution in [2.24, 2.45) is 0 Å². The second-order valence-corrected chi connectivity index (χ2v) is 13.5. The zero-order valence-electron chi connectivity index (χ0n) is 18.7. The van der Waals surface area contributed by atoms with Gasteiger partial charge >= 0.3 is 5.97 Å². The van der Waals surface area contributed by atoms with E-state index in [1.165, 1.54) is 6.92 Å². The van der Waals surface area contributed by atoms with E-state index < -0.39 is 8.32 Å². The van der Waals surface area contributed by atoms with E-state index in [2.05, 4.69) is 65.8 Å². The van der Waals surface area contributed by atoms with Crippen LogP contribution in [0, 0.1) is 0 Å². The first-order valence-corrected chi connectivity index (χ1v) is 12.6. The van der Waals surface area contributed by atoms with Crippen molar-refractivity contribution in [2.75, 3.05) is 13.2 Å². The third-order valence-electron chi connectivity index (χ3n) is 5.00. The summed E-state index contributed by atoms with van der Waals surface area (Å²) in [4.78, 5) is 10.6. The highest BCUT2D eigenvalue weighted by molar-refractivity contribution is 6.77. The molecule has 156 valence electrons. The van der Waals surface area contributed by atoms with Gasteiger partial charge in [0.1, 0.15) is 0 Å². The van der Waals surface area contributed by atoms with Crippen LogP contribution in [0.5, 0.6) is 0 Å². The zero-order chi connectivity index (χ0) is 20.7. The first kappa shape index (κ1) is 25.9. The van der Waals surface area contributed by atoms with Gasteiger partial charge in [-0.1, -0.05) is 78.0 Å². The Balaban J connectivity index is 4.01. The second-order valence-electron chi connectivity index (χ2n) is 8.03. The third-order valence-corrected chi connectivity index (χ3v) is 11.1. The summed E-state index contributed by atoms with van der Waals surface area (Å²) in [7, 11) is -1.71. The van der Waals surface area contributed by atoms with Crippen LogP contribution < -0.4 is 0 Å². The molecule has 0 atom stereocenters. The van der Waals surface area contributed by atoms with Crippen LogP contribution in [0.4, 0.5) is 0 Å². The summed E-state index contributed by atoms with van der Waals surface area (Å²) in [5.41, 5.74) is 1.95. The highest BCUT2D eigenvalue weighted by Crippen LogP contribution is 2.42. The number of ether oxygens (including phenoxy) is 1. The lowest BCUT2D eigenvalue weighted by Gasteiger charge is -2.42. The lowest BCUT2D eigenvalue weighted by atomic mass is 10.3. The number of esters is 1. The number of hydrogen-bond acceptors (Lipinski definition) is 3. The van der Waals surface area contributed by atoms with Crippen LogP contribution in [0.1, 0.15) is 74.1 Å². The lowest BCUT2D eigenvalue weighted by molar-refractivity contribution is -0.141. The second kappa shape index (κ2) is 14.9. The predicted octanol–water partition coefficient (Wildman–Crippen LogP) is 6.97. The van der Waals surface area contributed by atoms with Gasteiger partial charge in [0.25, 0.3) is 0 Å². The molecule has 0 aromatic carbocycles. The fourth-order valence-electron chi connectivity index (χ4n) is 3.85. The summed E-state index contributed by atoms with van der Waals surface area (Å²) in [6, 6.07) is 0. The summed E-state index contributed by atoms with van der Waals surface area (Å²) >= 11 is 0. The van der Waals surface area contributed by atoms with Crippen LogP contribution in [0.25, 0.3) is 0 Å². The van der Waals surface area contributed by atoms with Crippen LogP contribution in [-0.4, -0.2) is 27.5 Å². The highest BCUT2D eigenvalue weighted by atomic mass is 28.4. The molecule has 0 saturated carbocycles. The van der Waals surface area contributed by atoms with Gasteiger partial charge in [0, 0.05) is 13.5 Å². The van der Waals surface area contributed by atoms with E-state index in [1.54, 1.807) is 0 Å². The number of hydrogen-bond donors (Lipinski definition) is 0. The number of rotatable bonds is 14. The molecule has 0 aromatic heterocycles. The first-order valence-electron chi connectivity index (χ1n) is 10.5. The van der Waals surface area contributed by atoms with Crippen LogP contribution >= 0.6 is 0 Å². The quantitative estimate of drug-likeness (QED) is 0.138. The van der Waals surface area contributed by atoms with Crippen molar-refractivity contribution in [2.45, 2.75) is 90.8 Å². The van der Waals surface area contributed by atoms with Gasteiger partial charge in [0.15, 0.2) is 8.32 Å². The molecule has 0 aliphatic rings. The number of carbonyl (C=O) groups is 1. The normalized spacial score (nSPS) is 13.3. The average Bonchev–Trinajstić information content (AvgIpc) is 2.57. The van der Waals surface area contributed by atoms with Gasteiger partial charge in [-0.05, 0) is 42.3 Å². The van der Waals surface area contributed by atoms with E-state index in [-0.39, 0.29) is 5.97 Å². The highest BCUT2D eigenvalue weighted by Gasteiger charge is 2.44. The van der Waals surface area contributed by atoms with E-state index in [0.717, 1.165) is 32.3 Å². The van der Waals surface area contributed by atoms with E-state index in [0.29, 0.717) is 23.2 Å². The molecule has 27 heavy (non-hydrogen) atoms. The van der Waals surface area contributed by atoms with Crippen LogP contribution in [0.2, 0.25) is 16.6 Å². The Morgan fingerprint density at radius 3 is 1.63 bits per heavy atom. The van der Waals surface area contributed by atoms with Crippen LogP contribution in [-0.2, 0) is 14.0 Å². The summed E-state index contributed by atoms with van der Waals surface area (Å²) < 4.78 is 11.4. The topological polar surface area (TPSA) is 35.5 Å². The minimum atomic E-state index is -1.71. The number of carbonyl (C=O) groups excluding carboxylic acids is 1. The van der Waals surface area contributed by atoms with Gasteiger partial charge in [-0.15, -0.1) is 0 Å². The summed E-state index contributed by atoms with van der Waals surface area (Å²) in [5.74, 6) is -0.208. The van der Waals surface area contributed by atoms with Crippen molar-refractivity contribution >= 4 is 14.3 Å². The van der Waals surface area contributed by atoms with E-state index >= 15 is 0 Å². The molecule has 0 radical (unpaired) electrons. The Hall–Kier alpha value is -1.13. The number of unbranched alkanes of at least 4 members (excludes halogenated alkanes) is 2. The van der Waals surface area contributed by atoms with Gasteiger partial charge in [-0.2, -0.15) is 0 Å². The van der Waals surface area contributed by atoms with Crippen LogP contribution in [0.15, 0.2) is 36.5 Å². The van der Waals surface area contributed by atoms with Crippen molar-refractivity contribution in [1.82, 2.24) is 0 Å². The standard InChI is InChI=1S/C23H42O3Si/c1-20(2)27(21(3)4,22(5)6)26-19-17-15-13-11-9-8-10-12-14-16-18-25-23(7)24/h8-13,20-22H,14-19H2,1-7H3/b9-8+,12-10+,13-11+. The fourth-order valence-corrected chi connectivity index (χ4v) is 9.34. The average molecular weight is 395 g/mol. The molecule has 0 unspecified atom stereocenters. The molecule has 0 rings (SSSR count). The molecule has 4 heteroatoms. The molecule has 0 aliphatic heterocycles. The molecular formula is C23H42O3Si. The Labute approximate surface area is 169 Å². The van der Waals surface area contributed by atoms with E-state index in [9.17, 15) is 4.79 Å². The van der Waals surface area contributed by atoms with Gasteiger partial charge in [0.05, 0.1) is 6.61 Å². The van der Waals surface area contributed by atoms with Gasteiger partial charge in [-0.25, -0.2) is 0 Å². The molecule has 3 nitrogen and oxygen atoms in total. The molecule has 0 saturated heterocycles. The Bertz CT molecular complexity index is 454. The van der Waals surface area contributed by atoms with E-state index in [4.69, 9.17) is 9.16 Å². The van der Waals surface area contributed by atoms with E-state index in [1.807, 2.05) is 12.2 Å². The minimum Gasteiger partial charge on any atom is -0.466 e.